The van der Waals surface area contributed by atoms with Crippen molar-refractivity contribution in [1.29, 1.82) is 0 Å². The normalized spacial score (nSPS) is 10.9. The largest absolute Gasteiger partial charge is 0.355 e. The van der Waals surface area contributed by atoms with Crippen LogP contribution < -0.4 is 5.32 Å². The lowest BCUT2D eigenvalue weighted by Gasteiger charge is -1.96. The topological polar surface area (TPSA) is 37.8 Å². The summed E-state index contributed by atoms with van der Waals surface area (Å²) in [6.07, 6.45) is 1.77. The van der Waals surface area contributed by atoms with Crippen LogP contribution in [0.25, 0.3) is 10.2 Å². The van der Waals surface area contributed by atoms with E-state index in [1.54, 1.807) is 23.6 Å². The Hall–Kier alpha value is -1.53. The van der Waals surface area contributed by atoms with Crippen LogP contribution in [-0.2, 0) is 6.54 Å². The van der Waals surface area contributed by atoms with Crippen LogP contribution in [0, 0.1) is 5.82 Å². The first-order chi connectivity index (χ1) is 8.31. The Labute approximate surface area is 105 Å². The molecule has 0 unspecified atom stereocenters. The molecule has 2 aromatic heterocycles. The standard InChI is InChI=1S/C11H8FN3S2/c12-7-1-2-9-8(5-7)15-11(17-9)14-6-10-13-3-4-16-10/h1-5H,6H2,(H,14,15). The van der Waals surface area contributed by atoms with Gasteiger partial charge < -0.3 is 5.32 Å². The molecule has 0 aliphatic heterocycles. The molecule has 6 heteroatoms. The molecule has 17 heavy (non-hydrogen) atoms. The Morgan fingerprint density at radius 1 is 1.35 bits per heavy atom. The first kappa shape index (κ1) is 10.6. The maximum Gasteiger partial charge on any atom is 0.184 e. The molecule has 0 atom stereocenters. The minimum absolute atomic E-state index is 0.255. The maximum absolute atomic E-state index is 13.0. The molecule has 0 aliphatic carbocycles. The van der Waals surface area contributed by atoms with E-state index in [9.17, 15) is 4.39 Å². The molecule has 2 heterocycles. The van der Waals surface area contributed by atoms with Crippen LogP contribution in [0.1, 0.15) is 5.01 Å². The second kappa shape index (κ2) is 4.38. The highest BCUT2D eigenvalue weighted by atomic mass is 32.1. The SMILES string of the molecule is Fc1ccc2sc(NCc3nccs3)nc2c1. The number of rotatable bonds is 3. The zero-order valence-electron chi connectivity index (χ0n) is 8.68. The van der Waals surface area contributed by atoms with Gasteiger partial charge in [0, 0.05) is 17.6 Å². The van der Waals surface area contributed by atoms with Crippen molar-refractivity contribution in [1.82, 2.24) is 9.97 Å². The molecule has 0 aliphatic rings. The lowest BCUT2D eigenvalue weighted by molar-refractivity contribution is 0.629. The Kier molecular flexibility index (Phi) is 2.74. The smallest absolute Gasteiger partial charge is 0.184 e. The van der Waals surface area contributed by atoms with E-state index in [2.05, 4.69) is 15.3 Å². The lowest BCUT2D eigenvalue weighted by Crippen LogP contribution is -1.97. The molecular weight excluding hydrogens is 257 g/mol. The van der Waals surface area contributed by atoms with Gasteiger partial charge >= 0.3 is 0 Å². The number of fused-ring (bicyclic) bond motifs is 1. The van der Waals surface area contributed by atoms with Crippen molar-refractivity contribution in [2.24, 2.45) is 0 Å². The van der Waals surface area contributed by atoms with Crippen molar-refractivity contribution in [3.63, 3.8) is 0 Å². The molecule has 0 saturated carbocycles. The summed E-state index contributed by atoms with van der Waals surface area (Å²) in [6.45, 7) is 0.653. The van der Waals surface area contributed by atoms with Crippen molar-refractivity contribution >= 4 is 38.0 Å². The number of anilines is 1. The molecule has 0 fully saturated rings. The van der Waals surface area contributed by atoms with Crippen LogP contribution in [0.15, 0.2) is 29.8 Å². The van der Waals surface area contributed by atoms with Crippen LogP contribution >= 0.6 is 22.7 Å². The highest BCUT2D eigenvalue weighted by molar-refractivity contribution is 7.22. The average Bonchev–Trinajstić information content (AvgIpc) is 2.94. The number of hydrogen-bond acceptors (Lipinski definition) is 5. The number of hydrogen-bond donors (Lipinski definition) is 1. The Morgan fingerprint density at radius 3 is 3.12 bits per heavy atom. The minimum Gasteiger partial charge on any atom is -0.355 e. The molecular formula is C11H8FN3S2. The zero-order valence-corrected chi connectivity index (χ0v) is 10.3. The molecule has 1 N–H and O–H groups in total. The molecule has 1 aromatic carbocycles. The summed E-state index contributed by atoms with van der Waals surface area (Å²) >= 11 is 3.11. The van der Waals surface area contributed by atoms with Gasteiger partial charge in [-0.15, -0.1) is 11.3 Å². The quantitative estimate of drug-likeness (QED) is 0.787. The number of aromatic nitrogens is 2. The van der Waals surface area contributed by atoms with Crippen LogP contribution in [0.3, 0.4) is 0 Å². The second-order valence-corrected chi connectivity index (χ2v) is 5.42. The molecule has 3 rings (SSSR count). The van der Waals surface area contributed by atoms with E-state index in [4.69, 9.17) is 0 Å². The van der Waals surface area contributed by atoms with Gasteiger partial charge in [0.05, 0.1) is 16.8 Å². The maximum atomic E-state index is 13.0. The van der Waals surface area contributed by atoms with Gasteiger partial charge in [-0.3, -0.25) is 0 Å². The van der Waals surface area contributed by atoms with Gasteiger partial charge in [-0.25, -0.2) is 14.4 Å². The molecule has 0 saturated heterocycles. The molecule has 0 radical (unpaired) electrons. The van der Waals surface area contributed by atoms with Gasteiger partial charge in [0.25, 0.3) is 0 Å². The van der Waals surface area contributed by atoms with E-state index in [1.165, 1.54) is 23.5 Å². The Balaban J connectivity index is 1.81. The highest BCUT2D eigenvalue weighted by Crippen LogP contribution is 2.26. The summed E-state index contributed by atoms with van der Waals surface area (Å²) in [7, 11) is 0. The van der Waals surface area contributed by atoms with E-state index in [0.717, 1.165) is 14.8 Å². The van der Waals surface area contributed by atoms with Crippen molar-refractivity contribution in [2.45, 2.75) is 6.54 Å². The van der Waals surface area contributed by atoms with Crippen LogP contribution in [0.2, 0.25) is 0 Å². The van der Waals surface area contributed by atoms with E-state index in [1.807, 2.05) is 5.38 Å². The third-order valence-corrected chi connectivity index (χ3v) is 4.00. The summed E-state index contributed by atoms with van der Waals surface area (Å²) in [6, 6.07) is 4.64. The van der Waals surface area contributed by atoms with Crippen molar-refractivity contribution < 1.29 is 4.39 Å². The number of nitrogens with zero attached hydrogens (tertiary/aromatic N) is 2. The van der Waals surface area contributed by atoms with Gasteiger partial charge in [0.15, 0.2) is 5.13 Å². The Bertz CT molecular complexity index is 633. The zero-order chi connectivity index (χ0) is 11.7. The Morgan fingerprint density at radius 2 is 2.29 bits per heavy atom. The summed E-state index contributed by atoms with van der Waals surface area (Å²) < 4.78 is 14.0. The van der Waals surface area contributed by atoms with Gasteiger partial charge in [0.1, 0.15) is 10.8 Å². The number of halogens is 1. The summed E-state index contributed by atoms with van der Waals surface area (Å²) in [5, 5.41) is 6.93. The number of benzene rings is 1. The molecule has 86 valence electrons. The van der Waals surface area contributed by atoms with Crippen LogP contribution in [0.5, 0.6) is 0 Å². The fourth-order valence-electron chi connectivity index (χ4n) is 1.47. The van der Waals surface area contributed by atoms with Gasteiger partial charge in [0.2, 0.25) is 0 Å². The molecule has 0 amide bonds. The van der Waals surface area contributed by atoms with Crippen LogP contribution in [-0.4, -0.2) is 9.97 Å². The van der Waals surface area contributed by atoms with Crippen molar-refractivity contribution in [2.75, 3.05) is 5.32 Å². The predicted octanol–water partition coefficient (Wildman–Crippen LogP) is 3.50. The molecule has 3 aromatic rings. The van der Waals surface area contributed by atoms with Gasteiger partial charge in [-0.2, -0.15) is 0 Å². The van der Waals surface area contributed by atoms with E-state index in [-0.39, 0.29) is 5.82 Å². The molecule has 0 spiro atoms. The van der Waals surface area contributed by atoms with E-state index < -0.39 is 0 Å². The third kappa shape index (κ3) is 2.27. The first-order valence-electron chi connectivity index (χ1n) is 4.99. The average molecular weight is 265 g/mol. The second-order valence-electron chi connectivity index (χ2n) is 3.41. The van der Waals surface area contributed by atoms with Gasteiger partial charge in [-0.05, 0) is 12.1 Å². The van der Waals surface area contributed by atoms with E-state index in [0.29, 0.717) is 12.1 Å². The van der Waals surface area contributed by atoms with Gasteiger partial charge in [-0.1, -0.05) is 11.3 Å². The fourth-order valence-corrected chi connectivity index (χ4v) is 2.87. The van der Waals surface area contributed by atoms with Crippen molar-refractivity contribution in [3.8, 4) is 0 Å². The van der Waals surface area contributed by atoms with Crippen molar-refractivity contribution in [3.05, 3.63) is 40.6 Å². The summed E-state index contributed by atoms with van der Waals surface area (Å²) in [5.74, 6) is -0.255. The number of nitrogens with one attached hydrogen (secondary N) is 1. The monoisotopic (exact) mass is 265 g/mol. The van der Waals surface area contributed by atoms with Crippen LogP contribution in [0.4, 0.5) is 9.52 Å². The summed E-state index contributed by atoms with van der Waals surface area (Å²) in [4.78, 5) is 8.49. The number of thiazole rings is 2. The highest BCUT2D eigenvalue weighted by Gasteiger charge is 2.04. The van der Waals surface area contributed by atoms with E-state index >= 15 is 0 Å². The first-order valence-corrected chi connectivity index (χ1v) is 6.69. The molecule has 3 nitrogen and oxygen atoms in total. The third-order valence-electron chi connectivity index (χ3n) is 2.22. The molecule has 0 bridgehead atoms. The predicted molar refractivity (Wildman–Crippen MR) is 69.0 cm³/mol. The lowest BCUT2D eigenvalue weighted by atomic mass is 10.3. The summed E-state index contributed by atoms with van der Waals surface area (Å²) in [5.41, 5.74) is 0.691. The minimum atomic E-state index is -0.255. The fraction of sp³-hybridized carbons (Fsp3) is 0.0909.